The molecule has 0 spiro atoms. The van der Waals surface area contributed by atoms with Gasteiger partial charge in [0.1, 0.15) is 23.9 Å². The zero-order valence-corrected chi connectivity index (χ0v) is 20.1. The number of phenolic OH excluding ortho intramolecular Hbond substituents is 1. The highest BCUT2D eigenvalue weighted by molar-refractivity contribution is 7.98. The molecule has 0 saturated heterocycles. The number of carboxylic acids is 1. The Labute approximate surface area is 198 Å². The predicted molar refractivity (Wildman–Crippen MR) is 127 cm³/mol. The summed E-state index contributed by atoms with van der Waals surface area (Å²) in [5.74, 6) is -2.51. The first-order valence-electron chi connectivity index (χ1n) is 10.6. The molecule has 0 fully saturated rings. The first-order chi connectivity index (χ1) is 15.5. The Hall–Kier alpha value is -2.79. The highest BCUT2D eigenvalue weighted by Gasteiger charge is 2.30. The molecule has 0 saturated carbocycles. The summed E-state index contributed by atoms with van der Waals surface area (Å²) >= 11 is 1.46. The zero-order chi connectivity index (χ0) is 25.1. The molecule has 0 heterocycles. The quantitative estimate of drug-likeness (QED) is 0.232. The average molecular weight is 483 g/mol. The van der Waals surface area contributed by atoms with E-state index in [1.54, 1.807) is 26.0 Å². The fourth-order valence-electron chi connectivity index (χ4n) is 2.93. The largest absolute Gasteiger partial charge is 0.508 e. The summed E-state index contributed by atoms with van der Waals surface area (Å²) in [6.07, 6.45) is 2.30. The number of nitrogens with two attached hydrogens (primary N) is 1. The minimum Gasteiger partial charge on any atom is -0.508 e. The monoisotopic (exact) mass is 482 g/mol. The first-order valence-corrected chi connectivity index (χ1v) is 12.0. The molecule has 0 aliphatic carbocycles. The highest BCUT2D eigenvalue weighted by Crippen LogP contribution is 2.11. The minimum absolute atomic E-state index is 0.102. The molecule has 1 aromatic rings. The number of phenols is 1. The molecule has 33 heavy (non-hydrogen) atoms. The molecule has 0 radical (unpaired) electrons. The molecule has 0 aromatic heterocycles. The number of carbonyl (C=O) groups is 4. The number of carboxylic acid groups (broad SMARTS) is 1. The minimum atomic E-state index is -1.15. The standard InChI is InChI=1S/C22H34N4O6S/c1-12(2)18(26-20(29)16(23)11-14-5-7-15(27)8-6-14)21(30)24-13(3)19(28)25-17(22(31)32)9-10-33-4/h5-8,12-13,16-18,27H,9-11,23H2,1-4H3,(H,24,30)(H,25,28)(H,26,29)(H,31,32). The molecule has 0 aliphatic heterocycles. The van der Waals surface area contributed by atoms with Gasteiger partial charge >= 0.3 is 5.97 Å². The van der Waals surface area contributed by atoms with Gasteiger partial charge in [0.25, 0.3) is 0 Å². The lowest BCUT2D eigenvalue weighted by atomic mass is 10.0. The molecule has 0 aliphatic rings. The van der Waals surface area contributed by atoms with Crippen molar-refractivity contribution in [3.8, 4) is 5.75 Å². The Bertz CT molecular complexity index is 818. The van der Waals surface area contributed by atoms with Gasteiger partial charge < -0.3 is 31.9 Å². The van der Waals surface area contributed by atoms with Crippen LogP contribution in [0.1, 0.15) is 32.8 Å². The van der Waals surface area contributed by atoms with E-state index in [1.807, 2.05) is 6.26 Å². The topological polar surface area (TPSA) is 171 Å². The number of rotatable bonds is 13. The van der Waals surface area contributed by atoms with E-state index in [0.29, 0.717) is 5.75 Å². The number of benzene rings is 1. The van der Waals surface area contributed by atoms with E-state index in [1.165, 1.54) is 30.8 Å². The maximum Gasteiger partial charge on any atom is 0.326 e. The van der Waals surface area contributed by atoms with Crippen LogP contribution in [0, 0.1) is 5.92 Å². The molecule has 1 aromatic carbocycles. The van der Waals surface area contributed by atoms with E-state index in [2.05, 4.69) is 16.0 Å². The van der Waals surface area contributed by atoms with Crippen molar-refractivity contribution in [3.05, 3.63) is 29.8 Å². The van der Waals surface area contributed by atoms with Gasteiger partial charge in [0.05, 0.1) is 6.04 Å². The Morgan fingerprint density at radius 3 is 2.09 bits per heavy atom. The second-order valence-corrected chi connectivity index (χ2v) is 9.10. The van der Waals surface area contributed by atoms with Crippen molar-refractivity contribution in [1.29, 1.82) is 0 Å². The van der Waals surface area contributed by atoms with Crippen LogP contribution in [-0.4, -0.2) is 70.1 Å². The van der Waals surface area contributed by atoms with Crippen LogP contribution in [0.5, 0.6) is 5.75 Å². The van der Waals surface area contributed by atoms with Crippen molar-refractivity contribution in [3.63, 3.8) is 0 Å². The SMILES string of the molecule is CSCCC(NC(=O)C(C)NC(=O)C(NC(=O)C(N)Cc1ccc(O)cc1)C(C)C)C(=O)O. The third-order valence-corrected chi connectivity index (χ3v) is 5.60. The Balaban J connectivity index is 2.71. The van der Waals surface area contributed by atoms with Gasteiger partial charge in [0.15, 0.2) is 0 Å². The van der Waals surface area contributed by atoms with E-state index in [9.17, 15) is 29.4 Å². The first kappa shape index (κ1) is 28.2. The Morgan fingerprint density at radius 1 is 0.970 bits per heavy atom. The number of carbonyl (C=O) groups excluding carboxylic acids is 3. The Morgan fingerprint density at radius 2 is 1.58 bits per heavy atom. The van der Waals surface area contributed by atoms with Crippen molar-refractivity contribution in [1.82, 2.24) is 16.0 Å². The lowest BCUT2D eigenvalue weighted by Crippen LogP contribution is -2.57. The van der Waals surface area contributed by atoms with Crippen molar-refractivity contribution >= 4 is 35.5 Å². The molecular weight excluding hydrogens is 448 g/mol. The predicted octanol–water partition coefficient (Wildman–Crippen LogP) is 0.230. The number of aromatic hydroxyl groups is 1. The molecule has 10 nitrogen and oxygen atoms in total. The number of amides is 3. The van der Waals surface area contributed by atoms with Crippen molar-refractivity contribution in [2.75, 3.05) is 12.0 Å². The molecule has 1 rings (SSSR count). The van der Waals surface area contributed by atoms with E-state index in [0.717, 1.165) is 5.56 Å². The van der Waals surface area contributed by atoms with Gasteiger partial charge in [-0.3, -0.25) is 14.4 Å². The average Bonchev–Trinajstić information content (AvgIpc) is 2.75. The van der Waals surface area contributed by atoms with E-state index >= 15 is 0 Å². The number of hydrogen-bond acceptors (Lipinski definition) is 7. The van der Waals surface area contributed by atoms with Gasteiger partial charge in [-0.05, 0) is 55.4 Å². The summed E-state index contributed by atoms with van der Waals surface area (Å²) in [4.78, 5) is 49.0. The third-order valence-electron chi connectivity index (χ3n) is 4.95. The maximum atomic E-state index is 12.8. The fraction of sp³-hybridized carbons (Fsp3) is 0.545. The van der Waals surface area contributed by atoms with Gasteiger partial charge in [-0.1, -0.05) is 26.0 Å². The van der Waals surface area contributed by atoms with Crippen LogP contribution < -0.4 is 21.7 Å². The highest BCUT2D eigenvalue weighted by atomic mass is 32.2. The van der Waals surface area contributed by atoms with Crippen molar-refractivity contribution < 1.29 is 29.4 Å². The summed E-state index contributed by atoms with van der Waals surface area (Å²) < 4.78 is 0. The number of thioether (sulfide) groups is 1. The second kappa shape index (κ2) is 13.7. The second-order valence-electron chi connectivity index (χ2n) is 8.12. The molecule has 7 N–H and O–H groups in total. The molecule has 184 valence electrons. The normalized spacial score (nSPS) is 14.6. The van der Waals surface area contributed by atoms with Crippen LogP contribution in [0.3, 0.4) is 0 Å². The van der Waals surface area contributed by atoms with Crippen LogP contribution in [0.4, 0.5) is 0 Å². The summed E-state index contributed by atoms with van der Waals surface area (Å²) in [5, 5.41) is 26.2. The fourth-order valence-corrected chi connectivity index (χ4v) is 3.40. The van der Waals surface area contributed by atoms with E-state index in [-0.39, 0.29) is 24.5 Å². The smallest absolute Gasteiger partial charge is 0.326 e. The zero-order valence-electron chi connectivity index (χ0n) is 19.3. The number of hydrogen-bond donors (Lipinski definition) is 6. The van der Waals surface area contributed by atoms with E-state index in [4.69, 9.17) is 5.73 Å². The third kappa shape index (κ3) is 9.70. The maximum absolute atomic E-state index is 12.8. The molecule has 0 bridgehead atoms. The molecule has 4 atom stereocenters. The summed E-state index contributed by atoms with van der Waals surface area (Å²) in [7, 11) is 0. The molecule has 11 heteroatoms. The summed E-state index contributed by atoms with van der Waals surface area (Å²) in [5.41, 5.74) is 6.73. The lowest BCUT2D eigenvalue weighted by Gasteiger charge is -2.25. The van der Waals surface area contributed by atoms with Gasteiger partial charge in [0, 0.05) is 0 Å². The van der Waals surface area contributed by atoms with Crippen LogP contribution in [0.15, 0.2) is 24.3 Å². The number of nitrogens with one attached hydrogen (secondary N) is 3. The number of aliphatic carboxylic acids is 1. The summed E-state index contributed by atoms with van der Waals surface area (Å²) in [6, 6.07) is 2.38. The van der Waals surface area contributed by atoms with Crippen molar-refractivity contribution in [2.24, 2.45) is 11.7 Å². The van der Waals surface area contributed by atoms with Gasteiger partial charge in [-0.15, -0.1) is 0 Å². The van der Waals surface area contributed by atoms with Crippen molar-refractivity contribution in [2.45, 2.75) is 57.8 Å². The lowest BCUT2D eigenvalue weighted by molar-refractivity contribution is -0.142. The Kier molecular flexibility index (Phi) is 11.7. The molecular formula is C22H34N4O6S. The van der Waals surface area contributed by atoms with Gasteiger partial charge in [0.2, 0.25) is 17.7 Å². The molecule has 4 unspecified atom stereocenters. The van der Waals surface area contributed by atoms with Crippen LogP contribution in [-0.2, 0) is 25.6 Å². The van der Waals surface area contributed by atoms with Crippen LogP contribution in [0.25, 0.3) is 0 Å². The van der Waals surface area contributed by atoms with E-state index < -0.39 is 47.9 Å². The molecule has 3 amide bonds. The van der Waals surface area contributed by atoms with Crippen LogP contribution >= 0.6 is 11.8 Å². The van der Waals surface area contributed by atoms with Gasteiger partial charge in [-0.25, -0.2) is 4.79 Å². The van der Waals surface area contributed by atoms with Gasteiger partial charge in [-0.2, -0.15) is 11.8 Å². The van der Waals surface area contributed by atoms with Crippen LogP contribution in [0.2, 0.25) is 0 Å². The summed E-state index contributed by atoms with van der Waals surface area (Å²) in [6.45, 7) is 4.92.